The highest BCUT2D eigenvalue weighted by Crippen LogP contribution is 2.26. The molecule has 1 aliphatic rings. The molecule has 1 aromatic rings. The second-order valence-corrected chi connectivity index (χ2v) is 6.54. The molecule has 1 aromatic carbocycles. The first kappa shape index (κ1) is 14.3. The molecule has 1 heterocycles. The zero-order chi connectivity index (χ0) is 13.1. The van der Waals surface area contributed by atoms with Crippen LogP contribution in [-0.4, -0.2) is 31.6 Å². The number of likely N-dealkylation sites (tertiary alicyclic amines) is 1. The van der Waals surface area contributed by atoms with Crippen molar-refractivity contribution in [3.05, 3.63) is 33.3 Å². The first-order valence-electron chi connectivity index (χ1n) is 6.43. The molecular formula is C14H20BrClN2. The van der Waals surface area contributed by atoms with Crippen LogP contribution in [0.15, 0.2) is 22.7 Å². The molecule has 100 valence electrons. The van der Waals surface area contributed by atoms with Gasteiger partial charge in [-0.1, -0.05) is 33.6 Å². The molecule has 4 heteroatoms. The van der Waals surface area contributed by atoms with Gasteiger partial charge in [0.15, 0.2) is 0 Å². The molecule has 0 bridgehead atoms. The largest absolute Gasteiger partial charge is 0.310 e. The lowest BCUT2D eigenvalue weighted by Gasteiger charge is -2.18. The molecule has 0 spiro atoms. The third-order valence-electron chi connectivity index (χ3n) is 3.63. The van der Waals surface area contributed by atoms with E-state index in [9.17, 15) is 0 Å². The second-order valence-electron chi connectivity index (χ2n) is 5.21. The number of rotatable bonds is 4. The minimum atomic E-state index is 0.302. The van der Waals surface area contributed by atoms with E-state index < -0.39 is 0 Å². The van der Waals surface area contributed by atoms with Crippen molar-refractivity contribution < 1.29 is 0 Å². The molecule has 18 heavy (non-hydrogen) atoms. The number of nitrogens with zero attached hydrogens (tertiary/aromatic N) is 1. The third kappa shape index (κ3) is 3.70. The van der Waals surface area contributed by atoms with Gasteiger partial charge in [-0.2, -0.15) is 0 Å². The van der Waals surface area contributed by atoms with Crippen LogP contribution in [0.1, 0.15) is 24.9 Å². The smallest absolute Gasteiger partial charge is 0.0464 e. The maximum Gasteiger partial charge on any atom is 0.0464 e. The topological polar surface area (TPSA) is 15.3 Å². The summed E-state index contributed by atoms with van der Waals surface area (Å²) >= 11 is 9.70. The zero-order valence-electron chi connectivity index (χ0n) is 10.9. The van der Waals surface area contributed by atoms with Gasteiger partial charge in [0.2, 0.25) is 0 Å². The summed E-state index contributed by atoms with van der Waals surface area (Å²) in [7, 11) is 2.19. The summed E-state index contributed by atoms with van der Waals surface area (Å²) in [6, 6.07) is 6.39. The zero-order valence-corrected chi connectivity index (χ0v) is 13.3. The van der Waals surface area contributed by atoms with Crippen molar-refractivity contribution >= 4 is 27.5 Å². The van der Waals surface area contributed by atoms with Gasteiger partial charge in [0.25, 0.3) is 0 Å². The molecule has 0 amide bonds. The SMILES string of the molecule is CC(NCC1CCN(C)C1)c1ccc(Br)cc1Cl. The summed E-state index contributed by atoms with van der Waals surface area (Å²) in [6.07, 6.45) is 1.30. The number of hydrogen-bond acceptors (Lipinski definition) is 2. The molecule has 1 fully saturated rings. The molecule has 1 N–H and O–H groups in total. The van der Waals surface area contributed by atoms with Gasteiger partial charge in [-0.15, -0.1) is 0 Å². The Bertz CT molecular complexity index is 411. The molecule has 0 aromatic heterocycles. The van der Waals surface area contributed by atoms with E-state index in [0.29, 0.717) is 6.04 Å². The van der Waals surface area contributed by atoms with E-state index in [-0.39, 0.29) is 0 Å². The van der Waals surface area contributed by atoms with Gasteiger partial charge in [0, 0.05) is 22.1 Å². The van der Waals surface area contributed by atoms with Crippen LogP contribution in [0.4, 0.5) is 0 Å². The predicted octanol–water partition coefficient (Wildman–Crippen LogP) is 3.70. The maximum atomic E-state index is 6.26. The predicted molar refractivity (Wildman–Crippen MR) is 81.2 cm³/mol. The average molecular weight is 332 g/mol. The fourth-order valence-corrected chi connectivity index (χ4v) is 3.34. The van der Waals surface area contributed by atoms with Gasteiger partial charge in [-0.25, -0.2) is 0 Å². The molecule has 0 aliphatic carbocycles. The highest BCUT2D eigenvalue weighted by Gasteiger charge is 2.20. The van der Waals surface area contributed by atoms with Crippen LogP contribution in [-0.2, 0) is 0 Å². The standard InChI is InChI=1S/C14H20BrClN2/c1-10(13-4-3-12(15)7-14(13)16)17-8-11-5-6-18(2)9-11/h3-4,7,10-11,17H,5-6,8-9H2,1-2H3. The van der Waals surface area contributed by atoms with Crippen molar-refractivity contribution in [3.8, 4) is 0 Å². The van der Waals surface area contributed by atoms with Crippen LogP contribution in [0, 0.1) is 5.92 Å². The fourth-order valence-electron chi connectivity index (χ4n) is 2.50. The lowest BCUT2D eigenvalue weighted by atomic mass is 10.1. The van der Waals surface area contributed by atoms with Crippen molar-refractivity contribution in [1.29, 1.82) is 0 Å². The molecular weight excluding hydrogens is 312 g/mol. The third-order valence-corrected chi connectivity index (χ3v) is 4.45. The van der Waals surface area contributed by atoms with E-state index in [4.69, 9.17) is 11.6 Å². The summed E-state index contributed by atoms with van der Waals surface area (Å²) in [4.78, 5) is 2.39. The van der Waals surface area contributed by atoms with Gasteiger partial charge in [-0.05, 0) is 57.1 Å². The van der Waals surface area contributed by atoms with Crippen molar-refractivity contribution in [2.45, 2.75) is 19.4 Å². The molecule has 0 radical (unpaired) electrons. The highest BCUT2D eigenvalue weighted by atomic mass is 79.9. The van der Waals surface area contributed by atoms with Crippen molar-refractivity contribution in [1.82, 2.24) is 10.2 Å². The number of hydrogen-bond donors (Lipinski definition) is 1. The Morgan fingerprint density at radius 3 is 2.94 bits per heavy atom. The molecule has 2 nitrogen and oxygen atoms in total. The lowest BCUT2D eigenvalue weighted by Crippen LogP contribution is -2.27. The van der Waals surface area contributed by atoms with Crippen LogP contribution in [0.2, 0.25) is 5.02 Å². The van der Waals surface area contributed by atoms with E-state index in [1.54, 1.807) is 0 Å². The Morgan fingerprint density at radius 2 is 2.33 bits per heavy atom. The van der Waals surface area contributed by atoms with Crippen LogP contribution >= 0.6 is 27.5 Å². The summed E-state index contributed by atoms with van der Waals surface area (Å²) in [5.41, 5.74) is 1.17. The average Bonchev–Trinajstić information content (AvgIpc) is 2.72. The Hall–Kier alpha value is -0.0900. The van der Waals surface area contributed by atoms with Gasteiger partial charge < -0.3 is 10.2 Å². The van der Waals surface area contributed by atoms with E-state index in [0.717, 1.165) is 22.0 Å². The van der Waals surface area contributed by atoms with E-state index in [2.05, 4.69) is 46.2 Å². The molecule has 1 aliphatic heterocycles. The van der Waals surface area contributed by atoms with E-state index >= 15 is 0 Å². The van der Waals surface area contributed by atoms with Crippen molar-refractivity contribution in [3.63, 3.8) is 0 Å². The number of benzene rings is 1. The Labute approximate surface area is 123 Å². The van der Waals surface area contributed by atoms with Crippen LogP contribution in [0.3, 0.4) is 0 Å². The van der Waals surface area contributed by atoms with Crippen LogP contribution in [0.25, 0.3) is 0 Å². The van der Waals surface area contributed by atoms with E-state index in [1.165, 1.54) is 25.1 Å². The normalized spacial score (nSPS) is 22.3. The monoisotopic (exact) mass is 330 g/mol. The quantitative estimate of drug-likeness (QED) is 0.905. The lowest BCUT2D eigenvalue weighted by molar-refractivity contribution is 0.382. The molecule has 1 saturated heterocycles. The molecule has 0 saturated carbocycles. The van der Waals surface area contributed by atoms with Gasteiger partial charge >= 0.3 is 0 Å². The number of nitrogens with one attached hydrogen (secondary N) is 1. The summed E-state index contributed by atoms with van der Waals surface area (Å²) in [5, 5.41) is 4.42. The first-order chi connectivity index (χ1) is 8.56. The minimum Gasteiger partial charge on any atom is -0.310 e. The van der Waals surface area contributed by atoms with Gasteiger partial charge in [0.1, 0.15) is 0 Å². The molecule has 2 rings (SSSR count). The maximum absolute atomic E-state index is 6.26. The summed E-state index contributed by atoms with van der Waals surface area (Å²) in [5.74, 6) is 0.770. The minimum absolute atomic E-state index is 0.302. The van der Waals surface area contributed by atoms with Gasteiger partial charge in [-0.3, -0.25) is 0 Å². The second kappa shape index (κ2) is 6.38. The van der Waals surface area contributed by atoms with Gasteiger partial charge in [0.05, 0.1) is 0 Å². The first-order valence-corrected chi connectivity index (χ1v) is 7.60. The van der Waals surface area contributed by atoms with E-state index in [1.807, 2.05) is 12.1 Å². The Balaban J connectivity index is 1.89. The fraction of sp³-hybridized carbons (Fsp3) is 0.571. The highest BCUT2D eigenvalue weighted by molar-refractivity contribution is 9.10. The Morgan fingerprint density at radius 1 is 1.56 bits per heavy atom. The Kier molecular flexibility index (Phi) is 5.07. The van der Waals surface area contributed by atoms with Crippen molar-refractivity contribution in [2.24, 2.45) is 5.92 Å². The molecule has 2 atom stereocenters. The van der Waals surface area contributed by atoms with Crippen LogP contribution in [0.5, 0.6) is 0 Å². The molecule has 2 unspecified atom stereocenters. The number of halogens is 2. The summed E-state index contributed by atoms with van der Waals surface area (Å²) in [6.45, 7) is 5.67. The van der Waals surface area contributed by atoms with Crippen molar-refractivity contribution in [2.75, 3.05) is 26.7 Å². The van der Waals surface area contributed by atoms with Crippen LogP contribution < -0.4 is 5.32 Å². The summed E-state index contributed by atoms with van der Waals surface area (Å²) < 4.78 is 1.03.